The molecule has 0 spiro atoms. The van der Waals surface area contributed by atoms with Crippen molar-refractivity contribution in [1.82, 2.24) is 25.2 Å². The number of alkyl halides is 1. The molecule has 4 aromatic rings. The quantitative estimate of drug-likeness (QED) is 0.350. The van der Waals surface area contributed by atoms with Crippen molar-refractivity contribution in [3.8, 4) is 28.9 Å². The van der Waals surface area contributed by atoms with E-state index in [4.69, 9.17) is 14.5 Å². The maximum absolute atomic E-state index is 16.8. The van der Waals surface area contributed by atoms with Crippen molar-refractivity contribution >= 4 is 27.5 Å². The summed E-state index contributed by atoms with van der Waals surface area (Å²) in [5, 5.41) is 15.0. The van der Waals surface area contributed by atoms with Gasteiger partial charge in [-0.3, -0.25) is 4.90 Å². The third-order valence-electron chi connectivity index (χ3n) is 10.3. The topological polar surface area (TPSA) is 95.9 Å². The molecule has 2 N–H and O–H groups in total. The number of phenolic OH excluding ortho intramolecular Hbond substituents is 1. The van der Waals surface area contributed by atoms with Crippen molar-refractivity contribution < 1.29 is 27.8 Å². The Balaban J connectivity index is 1.23. The van der Waals surface area contributed by atoms with E-state index in [1.165, 1.54) is 24.3 Å². The van der Waals surface area contributed by atoms with Crippen LogP contribution in [0.4, 0.5) is 19.0 Å². The van der Waals surface area contributed by atoms with Crippen LogP contribution in [-0.4, -0.2) is 87.6 Å². The lowest BCUT2D eigenvalue weighted by Gasteiger charge is -2.40. The van der Waals surface area contributed by atoms with Gasteiger partial charge in [-0.25, -0.2) is 18.2 Å². The van der Waals surface area contributed by atoms with Gasteiger partial charge in [-0.05, 0) is 55.8 Å². The smallest absolute Gasteiger partial charge is 0.319 e. The van der Waals surface area contributed by atoms with Gasteiger partial charge < -0.3 is 24.8 Å². The predicted octanol–water partition coefficient (Wildman–Crippen LogP) is 4.49. The van der Waals surface area contributed by atoms with Crippen LogP contribution in [0.15, 0.2) is 30.3 Å². The molecule has 0 unspecified atom stereocenters. The van der Waals surface area contributed by atoms with E-state index >= 15 is 8.78 Å². The number of nitrogens with zero attached hydrogens (tertiary/aromatic N) is 5. The first-order chi connectivity index (χ1) is 21.4. The molecule has 44 heavy (non-hydrogen) atoms. The largest absolute Gasteiger partial charge is 0.508 e. The SMILES string of the molecule is Oc1cc(-c2nc3c4c(nc(OC[C@]56CCCN5C[C@H](F)C6)nc4c2F)N2C[C@@H]4CC[C@@H](N4)[C@H]2CO3)c2c(F)cccc2c1. The number of hydrogen-bond donors (Lipinski definition) is 2. The third-order valence-corrected chi connectivity index (χ3v) is 10.3. The Morgan fingerprint density at radius 2 is 2.02 bits per heavy atom. The molecular weight excluding hydrogens is 573 g/mol. The van der Waals surface area contributed by atoms with Crippen LogP contribution in [0.5, 0.6) is 17.6 Å². The number of hydrogen-bond acceptors (Lipinski definition) is 9. The van der Waals surface area contributed by atoms with Gasteiger partial charge in [0.05, 0.1) is 11.6 Å². The molecule has 2 bridgehead atoms. The minimum atomic E-state index is -0.915. The molecule has 0 amide bonds. The Morgan fingerprint density at radius 1 is 1.11 bits per heavy atom. The first-order valence-electron chi connectivity index (χ1n) is 15.4. The van der Waals surface area contributed by atoms with Crippen molar-refractivity contribution in [2.75, 3.05) is 37.7 Å². The number of anilines is 1. The van der Waals surface area contributed by atoms with E-state index < -0.39 is 23.3 Å². The summed E-state index contributed by atoms with van der Waals surface area (Å²) in [5.41, 5.74) is -0.593. The number of fused-ring (bicyclic) bond motifs is 7. The van der Waals surface area contributed by atoms with E-state index in [9.17, 15) is 9.50 Å². The number of pyridine rings is 1. The van der Waals surface area contributed by atoms with Gasteiger partial charge in [0, 0.05) is 42.5 Å². The number of aromatic nitrogens is 3. The van der Waals surface area contributed by atoms with E-state index in [0.29, 0.717) is 36.1 Å². The molecule has 9 rings (SSSR count). The lowest BCUT2D eigenvalue weighted by atomic mass is 9.95. The summed E-state index contributed by atoms with van der Waals surface area (Å²) in [6.45, 7) is 2.34. The number of benzene rings is 2. The van der Waals surface area contributed by atoms with Crippen molar-refractivity contribution in [2.45, 2.75) is 61.9 Å². The molecule has 5 aliphatic heterocycles. The highest BCUT2D eigenvalue weighted by molar-refractivity contribution is 6.02. The summed E-state index contributed by atoms with van der Waals surface area (Å²) in [6, 6.07) is 7.54. The second-order valence-electron chi connectivity index (χ2n) is 12.9. The summed E-state index contributed by atoms with van der Waals surface area (Å²) in [6.07, 6.45) is 3.24. The van der Waals surface area contributed by atoms with Gasteiger partial charge >= 0.3 is 6.01 Å². The number of aromatic hydroxyl groups is 1. The Morgan fingerprint density at radius 3 is 2.93 bits per heavy atom. The second kappa shape index (κ2) is 9.55. The summed E-state index contributed by atoms with van der Waals surface area (Å²) in [7, 11) is 0. The van der Waals surface area contributed by atoms with Crippen LogP contribution in [0.2, 0.25) is 0 Å². The fourth-order valence-electron chi connectivity index (χ4n) is 8.36. The van der Waals surface area contributed by atoms with Gasteiger partial charge in [0.1, 0.15) is 53.4 Å². The van der Waals surface area contributed by atoms with Crippen molar-refractivity contribution in [2.24, 2.45) is 0 Å². The second-order valence-corrected chi connectivity index (χ2v) is 12.9. The summed E-state index contributed by atoms with van der Waals surface area (Å²) < 4.78 is 59.1. The van der Waals surface area contributed by atoms with Crippen LogP contribution in [0.1, 0.15) is 32.1 Å². The minimum absolute atomic E-state index is 0.00323. The lowest BCUT2D eigenvalue weighted by molar-refractivity contribution is 0.107. The molecule has 0 saturated carbocycles. The molecule has 5 atom stereocenters. The summed E-state index contributed by atoms with van der Waals surface area (Å²) >= 11 is 0. The molecular formula is C32H31F3N6O3. The number of rotatable bonds is 4. The molecule has 228 valence electrons. The van der Waals surface area contributed by atoms with Gasteiger partial charge in [0.15, 0.2) is 5.82 Å². The molecule has 0 aliphatic carbocycles. The molecule has 0 radical (unpaired) electrons. The molecule has 2 aromatic carbocycles. The predicted molar refractivity (Wildman–Crippen MR) is 157 cm³/mol. The molecule has 4 fully saturated rings. The Labute approximate surface area is 251 Å². The molecule has 2 aromatic heterocycles. The van der Waals surface area contributed by atoms with E-state index in [0.717, 1.165) is 32.2 Å². The zero-order valence-corrected chi connectivity index (χ0v) is 23.9. The molecule has 12 heteroatoms. The van der Waals surface area contributed by atoms with Crippen LogP contribution in [-0.2, 0) is 0 Å². The molecule has 9 nitrogen and oxygen atoms in total. The fraction of sp³-hybridized carbons (Fsp3) is 0.469. The zero-order chi connectivity index (χ0) is 29.7. The molecule has 7 heterocycles. The highest BCUT2D eigenvalue weighted by Gasteiger charge is 2.50. The third kappa shape index (κ3) is 3.89. The molecule has 5 aliphatic rings. The number of ether oxygens (including phenoxy) is 2. The average Bonchev–Trinajstić information content (AvgIpc) is 3.64. The highest BCUT2D eigenvalue weighted by Crippen LogP contribution is 2.45. The fourth-order valence-corrected chi connectivity index (χ4v) is 8.36. The Bertz CT molecular complexity index is 1840. The monoisotopic (exact) mass is 604 g/mol. The van der Waals surface area contributed by atoms with Gasteiger partial charge in [0.2, 0.25) is 5.88 Å². The minimum Gasteiger partial charge on any atom is -0.508 e. The standard InChI is InChI=1S/C32H31F3N6O3/c33-17-11-32(7-2-8-40(32)12-17)15-44-31-38-28-25-29(39-31)41-13-18-5-6-22(36-18)23(41)14-43-30(25)37-27(26(28)35)20-10-19(42)9-16-3-1-4-21(34)24(16)20/h1,3-4,9-10,17-18,22-23,36,42H,2,5-8,11-15H2/t17-,18+,22-,23-,32-/m1/s1. The van der Waals surface area contributed by atoms with E-state index in [2.05, 4.69) is 25.1 Å². The molecule has 4 saturated heterocycles. The van der Waals surface area contributed by atoms with Crippen molar-refractivity contribution in [3.05, 3.63) is 42.0 Å². The maximum Gasteiger partial charge on any atom is 0.319 e. The number of nitrogens with one attached hydrogen (secondary N) is 1. The first-order valence-corrected chi connectivity index (χ1v) is 15.4. The van der Waals surface area contributed by atoms with Gasteiger partial charge in [-0.15, -0.1) is 0 Å². The maximum atomic E-state index is 16.8. The van der Waals surface area contributed by atoms with Crippen LogP contribution >= 0.6 is 0 Å². The van der Waals surface area contributed by atoms with E-state index in [-0.39, 0.29) is 71.1 Å². The summed E-state index contributed by atoms with van der Waals surface area (Å²) in [5.74, 6) is -0.881. The number of piperazine rings is 1. The lowest BCUT2D eigenvalue weighted by Crippen LogP contribution is -2.60. The normalized spacial score (nSPS) is 29.1. The van der Waals surface area contributed by atoms with Gasteiger partial charge in [-0.2, -0.15) is 9.97 Å². The number of halogens is 3. The summed E-state index contributed by atoms with van der Waals surface area (Å²) in [4.78, 5) is 18.3. The van der Waals surface area contributed by atoms with Crippen molar-refractivity contribution in [1.29, 1.82) is 0 Å². The first kappa shape index (κ1) is 26.5. The highest BCUT2D eigenvalue weighted by atomic mass is 19.1. The van der Waals surface area contributed by atoms with Crippen LogP contribution in [0.3, 0.4) is 0 Å². The van der Waals surface area contributed by atoms with Gasteiger partial charge in [-0.1, -0.05) is 12.1 Å². The van der Waals surface area contributed by atoms with Gasteiger partial charge in [0.25, 0.3) is 0 Å². The van der Waals surface area contributed by atoms with E-state index in [1.54, 1.807) is 6.07 Å². The van der Waals surface area contributed by atoms with E-state index in [1.807, 2.05) is 0 Å². The Hall–Kier alpha value is -3.90. The van der Waals surface area contributed by atoms with Crippen LogP contribution in [0.25, 0.3) is 32.9 Å². The Kier molecular flexibility index (Phi) is 5.75. The van der Waals surface area contributed by atoms with Crippen LogP contribution < -0.4 is 19.7 Å². The number of phenols is 1. The average molecular weight is 605 g/mol. The van der Waals surface area contributed by atoms with Crippen LogP contribution in [0, 0.1) is 11.6 Å². The van der Waals surface area contributed by atoms with Crippen molar-refractivity contribution in [3.63, 3.8) is 0 Å². The zero-order valence-electron chi connectivity index (χ0n) is 23.9.